The summed E-state index contributed by atoms with van der Waals surface area (Å²) in [5, 5.41) is 2.22. The van der Waals surface area contributed by atoms with Crippen LogP contribution < -0.4 is 9.64 Å². The molecule has 0 saturated carbocycles. The predicted molar refractivity (Wildman–Crippen MR) is 107 cm³/mol. The summed E-state index contributed by atoms with van der Waals surface area (Å²) in [6, 6.07) is 14.7. The molecule has 4 nitrogen and oxygen atoms in total. The smallest absolute Gasteiger partial charge is 0.207 e. The zero-order valence-electron chi connectivity index (χ0n) is 15.6. The van der Waals surface area contributed by atoms with Gasteiger partial charge in [0, 0.05) is 24.4 Å². The molecule has 1 aromatic heterocycles. The quantitative estimate of drug-likeness (QED) is 0.635. The molecule has 0 aliphatic carbocycles. The van der Waals surface area contributed by atoms with E-state index in [4.69, 9.17) is 9.15 Å². The SMILES string of the molecule is COc1ccc(CCN2CCCC2)cc1N(C)c1occ2ccccc12. The maximum absolute atomic E-state index is 5.87. The van der Waals surface area contributed by atoms with Gasteiger partial charge in [0.15, 0.2) is 0 Å². The number of benzene rings is 2. The Labute approximate surface area is 155 Å². The monoisotopic (exact) mass is 350 g/mol. The number of rotatable bonds is 6. The number of hydrogen-bond donors (Lipinski definition) is 0. The van der Waals surface area contributed by atoms with E-state index in [1.54, 1.807) is 7.11 Å². The molecule has 1 aliphatic rings. The predicted octanol–water partition coefficient (Wildman–Crippen LogP) is 4.85. The van der Waals surface area contributed by atoms with Crippen LogP contribution in [0.3, 0.4) is 0 Å². The van der Waals surface area contributed by atoms with Gasteiger partial charge in [-0.3, -0.25) is 0 Å². The van der Waals surface area contributed by atoms with Crippen molar-refractivity contribution in [1.82, 2.24) is 4.90 Å². The van der Waals surface area contributed by atoms with Crippen LogP contribution >= 0.6 is 0 Å². The third-order valence-electron chi connectivity index (χ3n) is 5.31. The van der Waals surface area contributed by atoms with Gasteiger partial charge in [-0.15, -0.1) is 0 Å². The Hall–Kier alpha value is -2.46. The molecule has 0 amide bonds. The normalized spacial score (nSPS) is 14.8. The molecule has 1 fully saturated rings. The molecule has 0 unspecified atom stereocenters. The van der Waals surface area contributed by atoms with Crippen LogP contribution in [0.1, 0.15) is 18.4 Å². The number of fused-ring (bicyclic) bond motifs is 1. The minimum absolute atomic E-state index is 0.843. The third kappa shape index (κ3) is 3.29. The van der Waals surface area contributed by atoms with Crippen LogP contribution in [0.5, 0.6) is 5.75 Å². The van der Waals surface area contributed by atoms with E-state index in [0.29, 0.717) is 0 Å². The first-order chi connectivity index (χ1) is 12.8. The Morgan fingerprint density at radius 3 is 2.73 bits per heavy atom. The molecule has 3 aromatic rings. The topological polar surface area (TPSA) is 28.9 Å². The Morgan fingerprint density at radius 2 is 1.92 bits per heavy atom. The highest BCUT2D eigenvalue weighted by Gasteiger charge is 2.17. The molecule has 4 rings (SSSR count). The van der Waals surface area contributed by atoms with Gasteiger partial charge in [-0.2, -0.15) is 0 Å². The summed E-state index contributed by atoms with van der Waals surface area (Å²) >= 11 is 0. The number of nitrogens with zero attached hydrogens (tertiary/aromatic N) is 2. The molecule has 1 aliphatic heterocycles. The first-order valence-corrected chi connectivity index (χ1v) is 9.35. The fourth-order valence-electron chi connectivity index (χ4n) is 3.79. The summed E-state index contributed by atoms with van der Waals surface area (Å²) < 4.78 is 11.5. The van der Waals surface area contributed by atoms with E-state index in [1.807, 2.05) is 25.4 Å². The van der Waals surface area contributed by atoms with Crippen LogP contribution in [0.2, 0.25) is 0 Å². The summed E-state index contributed by atoms with van der Waals surface area (Å²) in [7, 11) is 3.75. The maximum Gasteiger partial charge on any atom is 0.207 e. The Bertz CT molecular complexity index is 881. The van der Waals surface area contributed by atoms with Crippen LogP contribution in [0.25, 0.3) is 10.8 Å². The molecule has 0 spiro atoms. The molecular weight excluding hydrogens is 324 g/mol. The second-order valence-electron chi connectivity index (χ2n) is 6.99. The van der Waals surface area contributed by atoms with E-state index < -0.39 is 0 Å². The summed E-state index contributed by atoms with van der Waals surface area (Å²) in [4.78, 5) is 4.63. The van der Waals surface area contributed by atoms with Crippen LogP contribution in [0.15, 0.2) is 53.1 Å². The van der Waals surface area contributed by atoms with Crippen molar-refractivity contribution in [2.24, 2.45) is 0 Å². The van der Waals surface area contributed by atoms with E-state index in [1.165, 1.54) is 31.5 Å². The minimum atomic E-state index is 0.843. The lowest BCUT2D eigenvalue weighted by Gasteiger charge is -2.21. The first-order valence-electron chi connectivity index (χ1n) is 9.35. The summed E-state index contributed by atoms with van der Waals surface area (Å²) in [6.07, 6.45) is 5.54. The van der Waals surface area contributed by atoms with Crippen molar-refractivity contribution >= 4 is 22.3 Å². The molecule has 2 aromatic carbocycles. The van der Waals surface area contributed by atoms with Crippen LogP contribution in [0, 0.1) is 0 Å². The average Bonchev–Trinajstić information content (AvgIpc) is 3.35. The van der Waals surface area contributed by atoms with Crippen molar-refractivity contribution in [3.63, 3.8) is 0 Å². The molecule has 0 radical (unpaired) electrons. The van der Waals surface area contributed by atoms with Gasteiger partial charge in [0.25, 0.3) is 0 Å². The number of likely N-dealkylation sites (tertiary alicyclic amines) is 1. The lowest BCUT2D eigenvalue weighted by Crippen LogP contribution is -2.22. The lowest BCUT2D eigenvalue weighted by atomic mass is 10.1. The number of ether oxygens (including phenoxy) is 1. The van der Waals surface area contributed by atoms with Gasteiger partial charge in [0.2, 0.25) is 5.88 Å². The Kier molecular flexibility index (Phi) is 4.85. The van der Waals surface area contributed by atoms with Gasteiger partial charge in [0.1, 0.15) is 12.0 Å². The van der Waals surface area contributed by atoms with E-state index in [0.717, 1.165) is 41.1 Å². The van der Waals surface area contributed by atoms with Gasteiger partial charge in [0.05, 0.1) is 12.8 Å². The summed E-state index contributed by atoms with van der Waals surface area (Å²) in [5.74, 6) is 1.70. The van der Waals surface area contributed by atoms with Crippen molar-refractivity contribution in [2.75, 3.05) is 38.7 Å². The largest absolute Gasteiger partial charge is 0.495 e. The minimum Gasteiger partial charge on any atom is -0.495 e. The second-order valence-corrected chi connectivity index (χ2v) is 6.99. The van der Waals surface area contributed by atoms with Crippen molar-refractivity contribution < 1.29 is 9.15 Å². The zero-order chi connectivity index (χ0) is 17.9. The van der Waals surface area contributed by atoms with Crippen LogP contribution in [-0.4, -0.2) is 38.7 Å². The number of anilines is 2. The molecule has 0 N–H and O–H groups in total. The van der Waals surface area contributed by atoms with Gasteiger partial charge in [-0.1, -0.05) is 24.3 Å². The van der Waals surface area contributed by atoms with Crippen molar-refractivity contribution in [1.29, 1.82) is 0 Å². The Morgan fingerprint density at radius 1 is 1.12 bits per heavy atom. The van der Waals surface area contributed by atoms with Crippen LogP contribution in [0.4, 0.5) is 11.6 Å². The van der Waals surface area contributed by atoms with E-state index in [9.17, 15) is 0 Å². The molecular formula is C22H26N2O2. The number of hydrogen-bond acceptors (Lipinski definition) is 4. The Balaban J connectivity index is 1.61. The average molecular weight is 350 g/mol. The fourth-order valence-corrected chi connectivity index (χ4v) is 3.79. The highest BCUT2D eigenvalue weighted by atomic mass is 16.5. The third-order valence-corrected chi connectivity index (χ3v) is 5.31. The fraction of sp³-hybridized carbons (Fsp3) is 0.364. The maximum atomic E-state index is 5.87. The molecule has 2 heterocycles. The molecule has 26 heavy (non-hydrogen) atoms. The van der Waals surface area contributed by atoms with Crippen molar-refractivity contribution in [2.45, 2.75) is 19.3 Å². The molecule has 1 saturated heterocycles. The second kappa shape index (κ2) is 7.42. The zero-order valence-corrected chi connectivity index (χ0v) is 15.6. The van der Waals surface area contributed by atoms with Crippen molar-refractivity contribution in [3.8, 4) is 5.75 Å². The van der Waals surface area contributed by atoms with Crippen LogP contribution in [-0.2, 0) is 6.42 Å². The van der Waals surface area contributed by atoms with Gasteiger partial charge in [-0.05, 0) is 56.1 Å². The van der Waals surface area contributed by atoms with Crippen molar-refractivity contribution in [3.05, 3.63) is 54.3 Å². The summed E-state index contributed by atoms with van der Waals surface area (Å²) in [5.41, 5.74) is 2.36. The molecule has 4 heteroatoms. The molecule has 136 valence electrons. The molecule has 0 atom stereocenters. The van der Waals surface area contributed by atoms with Gasteiger partial charge in [-0.25, -0.2) is 0 Å². The van der Waals surface area contributed by atoms with Gasteiger partial charge < -0.3 is 19.0 Å². The molecule has 0 bridgehead atoms. The lowest BCUT2D eigenvalue weighted by molar-refractivity contribution is 0.343. The standard InChI is InChI=1S/C22H26N2O2/c1-23(22-19-8-4-3-7-18(19)16-26-22)20-15-17(9-10-21(20)25-2)11-14-24-12-5-6-13-24/h3-4,7-10,15-16H,5-6,11-14H2,1-2H3. The highest BCUT2D eigenvalue weighted by molar-refractivity contribution is 5.93. The summed E-state index contributed by atoms with van der Waals surface area (Å²) in [6.45, 7) is 3.60. The van der Waals surface area contributed by atoms with E-state index in [2.05, 4.69) is 40.1 Å². The van der Waals surface area contributed by atoms with Gasteiger partial charge >= 0.3 is 0 Å². The number of methoxy groups -OCH3 is 1. The van der Waals surface area contributed by atoms with E-state index in [-0.39, 0.29) is 0 Å². The first kappa shape index (κ1) is 17.0. The highest BCUT2D eigenvalue weighted by Crippen LogP contribution is 2.37. The number of furan rings is 1. The van der Waals surface area contributed by atoms with E-state index >= 15 is 0 Å².